The van der Waals surface area contributed by atoms with Gasteiger partial charge in [0.2, 0.25) is 0 Å². The Bertz CT molecular complexity index is 936. The number of aromatic amines is 1. The zero-order chi connectivity index (χ0) is 14.4. The summed E-state index contributed by atoms with van der Waals surface area (Å²) in [5.41, 5.74) is 2.80. The molecule has 0 spiro atoms. The van der Waals surface area contributed by atoms with E-state index < -0.39 is 0 Å². The Labute approximate surface area is 121 Å². The molecule has 0 saturated heterocycles. The lowest BCUT2D eigenvalue weighted by atomic mass is 10.1. The molecule has 0 radical (unpaired) electrons. The minimum atomic E-state index is 0.235. The zero-order valence-corrected chi connectivity index (χ0v) is 11.8. The molecular formula is C16H14N4O. The third kappa shape index (κ3) is 1.89. The lowest BCUT2D eigenvalue weighted by Gasteiger charge is -1.95. The van der Waals surface area contributed by atoms with Crippen LogP contribution in [0.25, 0.3) is 33.4 Å². The van der Waals surface area contributed by atoms with E-state index in [9.17, 15) is 0 Å². The van der Waals surface area contributed by atoms with Crippen molar-refractivity contribution in [1.29, 1.82) is 0 Å². The molecule has 21 heavy (non-hydrogen) atoms. The summed E-state index contributed by atoms with van der Waals surface area (Å²) >= 11 is 0. The highest BCUT2D eigenvalue weighted by atomic mass is 16.5. The molecular weight excluding hydrogens is 264 g/mol. The number of benzene rings is 1. The van der Waals surface area contributed by atoms with Crippen LogP contribution in [0.15, 0.2) is 41.1 Å². The van der Waals surface area contributed by atoms with E-state index in [1.165, 1.54) is 5.39 Å². The Morgan fingerprint density at radius 2 is 1.95 bits per heavy atom. The lowest BCUT2D eigenvalue weighted by molar-refractivity contribution is 0.418. The number of aromatic nitrogens is 4. The van der Waals surface area contributed by atoms with Gasteiger partial charge >= 0.3 is 0 Å². The summed E-state index contributed by atoms with van der Waals surface area (Å²) in [5.74, 6) is 1.40. The molecule has 5 nitrogen and oxygen atoms in total. The average molecular weight is 278 g/mol. The zero-order valence-electron chi connectivity index (χ0n) is 11.8. The van der Waals surface area contributed by atoms with Crippen LogP contribution in [0.4, 0.5) is 0 Å². The normalized spacial score (nSPS) is 11.8. The van der Waals surface area contributed by atoms with Gasteiger partial charge < -0.3 is 9.51 Å². The van der Waals surface area contributed by atoms with Crippen molar-refractivity contribution < 1.29 is 4.52 Å². The predicted molar refractivity (Wildman–Crippen MR) is 81.0 cm³/mol. The van der Waals surface area contributed by atoms with E-state index in [0.717, 1.165) is 16.4 Å². The summed E-state index contributed by atoms with van der Waals surface area (Å²) in [5, 5.41) is 6.27. The first-order chi connectivity index (χ1) is 10.2. The van der Waals surface area contributed by atoms with Crippen molar-refractivity contribution in [2.24, 2.45) is 0 Å². The summed E-state index contributed by atoms with van der Waals surface area (Å²) in [4.78, 5) is 12.2. The Balaban J connectivity index is 1.90. The van der Waals surface area contributed by atoms with E-state index in [2.05, 4.69) is 32.2 Å². The van der Waals surface area contributed by atoms with Crippen LogP contribution in [0.3, 0.4) is 0 Å². The van der Waals surface area contributed by atoms with Gasteiger partial charge in [0, 0.05) is 22.2 Å². The van der Waals surface area contributed by atoms with Crippen LogP contribution in [0.1, 0.15) is 25.6 Å². The number of para-hydroxylation sites is 1. The molecule has 3 aromatic heterocycles. The number of fused-ring (bicyclic) bond motifs is 3. The molecule has 0 atom stereocenters. The molecule has 104 valence electrons. The first-order valence-electron chi connectivity index (χ1n) is 6.93. The molecule has 0 unspecified atom stereocenters. The van der Waals surface area contributed by atoms with Gasteiger partial charge in [0.1, 0.15) is 5.69 Å². The van der Waals surface area contributed by atoms with E-state index >= 15 is 0 Å². The molecule has 5 heteroatoms. The van der Waals surface area contributed by atoms with Crippen molar-refractivity contribution in [2.45, 2.75) is 19.8 Å². The molecule has 1 aromatic carbocycles. The van der Waals surface area contributed by atoms with Gasteiger partial charge in [-0.1, -0.05) is 37.2 Å². The van der Waals surface area contributed by atoms with Crippen LogP contribution in [0.2, 0.25) is 0 Å². The smallest absolute Gasteiger partial charge is 0.276 e. The maximum atomic E-state index is 5.32. The molecule has 0 amide bonds. The first-order valence-corrected chi connectivity index (χ1v) is 6.93. The standard InChI is InChI=1S/C16H14N4O/c1-9(2)15-19-16(21-20-15)13-7-11-10-5-3-4-6-12(10)18-14(11)8-17-13/h3-9,18H,1-2H3. The topological polar surface area (TPSA) is 67.6 Å². The molecule has 1 N–H and O–H groups in total. The fourth-order valence-electron chi connectivity index (χ4n) is 2.44. The molecule has 3 heterocycles. The predicted octanol–water partition coefficient (Wildman–Crippen LogP) is 3.89. The minimum Gasteiger partial charge on any atom is -0.353 e. The fraction of sp³-hybridized carbons (Fsp3) is 0.188. The summed E-state index contributed by atoms with van der Waals surface area (Å²) in [7, 11) is 0. The molecule has 0 saturated carbocycles. The Kier molecular flexibility index (Phi) is 2.54. The second kappa shape index (κ2) is 4.41. The fourth-order valence-corrected chi connectivity index (χ4v) is 2.44. The van der Waals surface area contributed by atoms with Gasteiger partial charge in [-0.15, -0.1) is 0 Å². The molecule has 0 bridgehead atoms. The first kappa shape index (κ1) is 12.1. The minimum absolute atomic E-state index is 0.235. The number of rotatable bonds is 2. The number of hydrogen-bond donors (Lipinski definition) is 1. The number of H-pyrrole nitrogens is 1. The van der Waals surface area contributed by atoms with Crippen LogP contribution < -0.4 is 0 Å². The van der Waals surface area contributed by atoms with Crippen molar-refractivity contribution in [1.82, 2.24) is 20.1 Å². The van der Waals surface area contributed by atoms with Crippen molar-refractivity contribution in [3.8, 4) is 11.6 Å². The average Bonchev–Trinajstić information content (AvgIpc) is 3.11. The largest absolute Gasteiger partial charge is 0.353 e. The molecule has 0 aliphatic rings. The maximum Gasteiger partial charge on any atom is 0.276 e. The van der Waals surface area contributed by atoms with Gasteiger partial charge in [-0.3, -0.25) is 0 Å². The molecule has 4 aromatic rings. The molecule has 0 aliphatic heterocycles. The number of nitrogens with one attached hydrogen (secondary N) is 1. The SMILES string of the molecule is CC(C)c1noc(-c2cc3c(cn2)[nH]c2ccccc23)n1. The van der Waals surface area contributed by atoms with Crippen molar-refractivity contribution >= 4 is 21.8 Å². The van der Waals surface area contributed by atoms with Crippen molar-refractivity contribution in [2.75, 3.05) is 0 Å². The van der Waals surface area contributed by atoms with E-state index in [4.69, 9.17) is 4.52 Å². The summed E-state index contributed by atoms with van der Waals surface area (Å²) < 4.78 is 5.32. The summed E-state index contributed by atoms with van der Waals surface area (Å²) in [6, 6.07) is 10.2. The van der Waals surface area contributed by atoms with Gasteiger partial charge in [0.05, 0.1) is 11.7 Å². The van der Waals surface area contributed by atoms with Crippen LogP contribution in [0, 0.1) is 0 Å². The van der Waals surface area contributed by atoms with E-state index in [1.54, 1.807) is 0 Å². The second-order valence-electron chi connectivity index (χ2n) is 5.40. The number of pyridine rings is 1. The van der Waals surface area contributed by atoms with E-state index in [-0.39, 0.29) is 5.92 Å². The van der Waals surface area contributed by atoms with Gasteiger partial charge in [0.15, 0.2) is 5.82 Å². The Morgan fingerprint density at radius 3 is 2.76 bits per heavy atom. The number of hydrogen-bond acceptors (Lipinski definition) is 4. The maximum absolute atomic E-state index is 5.32. The Morgan fingerprint density at radius 1 is 1.10 bits per heavy atom. The van der Waals surface area contributed by atoms with Gasteiger partial charge in [0.25, 0.3) is 5.89 Å². The van der Waals surface area contributed by atoms with Gasteiger partial charge in [-0.2, -0.15) is 4.98 Å². The number of nitrogens with zero attached hydrogens (tertiary/aromatic N) is 3. The van der Waals surface area contributed by atoms with E-state index in [1.807, 2.05) is 38.2 Å². The molecule has 0 fully saturated rings. The van der Waals surface area contributed by atoms with Crippen LogP contribution in [-0.4, -0.2) is 20.1 Å². The van der Waals surface area contributed by atoms with Crippen LogP contribution in [-0.2, 0) is 0 Å². The highest BCUT2D eigenvalue weighted by Crippen LogP contribution is 2.28. The van der Waals surface area contributed by atoms with Crippen LogP contribution in [0.5, 0.6) is 0 Å². The van der Waals surface area contributed by atoms with Crippen molar-refractivity contribution in [3.05, 3.63) is 42.4 Å². The monoisotopic (exact) mass is 278 g/mol. The van der Waals surface area contributed by atoms with Crippen LogP contribution >= 0.6 is 0 Å². The molecule has 0 aliphatic carbocycles. The molecule has 4 rings (SSSR count). The summed E-state index contributed by atoms with van der Waals surface area (Å²) in [6.07, 6.45) is 1.81. The summed E-state index contributed by atoms with van der Waals surface area (Å²) in [6.45, 7) is 4.07. The highest BCUT2D eigenvalue weighted by molar-refractivity contribution is 6.07. The third-order valence-electron chi connectivity index (χ3n) is 3.57. The lowest BCUT2D eigenvalue weighted by Crippen LogP contribution is -1.90. The third-order valence-corrected chi connectivity index (χ3v) is 3.57. The Hall–Kier alpha value is -2.69. The quantitative estimate of drug-likeness (QED) is 0.604. The van der Waals surface area contributed by atoms with Crippen molar-refractivity contribution in [3.63, 3.8) is 0 Å². The van der Waals surface area contributed by atoms with E-state index in [0.29, 0.717) is 17.4 Å². The van der Waals surface area contributed by atoms with Gasteiger partial charge in [-0.25, -0.2) is 4.98 Å². The second-order valence-corrected chi connectivity index (χ2v) is 5.40. The van der Waals surface area contributed by atoms with Gasteiger partial charge in [-0.05, 0) is 12.1 Å². The highest BCUT2D eigenvalue weighted by Gasteiger charge is 2.14.